The molecule has 3 heteroatoms. The molecule has 3 nitrogen and oxygen atoms in total. The Kier molecular flexibility index (Phi) is 3.20. The Morgan fingerprint density at radius 1 is 1.33 bits per heavy atom. The second kappa shape index (κ2) is 4.39. The van der Waals surface area contributed by atoms with E-state index in [1.807, 2.05) is 18.2 Å². The minimum absolute atomic E-state index is 0.295. The van der Waals surface area contributed by atoms with Crippen molar-refractivity contribution in [1.82, 2.24) is 0 Å². The van der Waals surface area contributed by atoms with Crippen LogP contribution in [0.5, 0.6) is 0 Å². The molecule has 0 heterocycles. The third-order valence-electron chi connectivity index (χ3n) is 3.74. The molecule has 1 aliphatic rings. The summed E-state index contributed by atoms with van der Waals surface area (Å²) in [6.45, 7) is 3.36. The average molecular weight is 248 g/mol. The quantitative estimate of drug-likeness (QED) is 0.863. The van der Waals surface area contributed by atoms with Gasteiger partial charge in [-0.1, -0.05) is 24.3 Å². The summed E-state index contributed by atoms with van der Waals surface area (Å²) in [5.74, 6) is -0.792. The summed E-state index contributed by atoms with van der Waals surface area (Å²) < 4.78 is 0. The molecule has 1 aliphatic carbocycles. The van der Waals surface area contributed by atoms with E-state index in [4.69, 9.17) is 0 Å². The highest BCUT2D eigenvalue weighted by Crippen LogP contribution is 2.41. The van der Waals surface area contributed by atoms with E-state index in [0.717, 1.165) is 12.0 Å². The lowest BCUT2D eigenvalue weighted by atomic mass is 9.67. The number of aryl methyl sites for hydroxylation is 1. The van der Waals surface area contributed by atoms with Crippen LogP contribution in [-0.2, 0) is 17.6 Å². The van der Waals surface area contributed by atoms with E-state index in [0.29, 0.717) is 19.3 Å². The number of carboxylic acid groups (broad SMARTS) is 1. The monoisotopic (exact) mass is 248 g/mol. The van der Waals surface area contributed by atoms with E-state index in [9.17, 15) is 15.0 Å². The Labute approximate surface area is 107 Å². The van der Waals surface area contributed by atoms with Crippen LogP contribution in [0.4, 0.5) is 0 Å². The fraction of sp³-hybridized carbons (Fsp3) is 0.533. The van der Waals surface area contributed by atoms with Crippen LogP contribution in [0.2, 0.25) is 0 Å². The summed E-state index contributed by atoms with van der Waals surface area (Å²) in [6, 6.07) is 7.99. The molecule has 0 saturated heterocycles. The van der Waals surface area contributed by atoms with Gasteiger partial charge in [0, 0.05) is 0 Å². The van der Waals surface area contributed by atoms with Crippen LogP contribution in [0.25, 0.3) is 0 Å². The van der Waals surface area contributed by atoms with Gasteiger partial charge in [-0.25, -0.2) is 0 Å². The van der Waals surface area contributed by atoms with Gasteiger partial charge in [-0.15, -0.1) is 0 Å². The summed E-state index contributed by atoms with van der Waals surface area (Å²) in [5, 5.41) is 19.5. The van der Waals surface area contributed by atoms with Gasteiger partial charge in [0.25, 0.3) is 0 Å². The molecule has 1 unspecified atom stereocenters. The molecular formula is C15H20O3. The van der Waals surface area contributed by atoms with E-state index in [-0.39, 0.29) is 0 Å². The topological polar surface area (TPSA) is 57.5 Å². The fourth-order valence-electron chi connectivity index (χ4n) is 3.04. The number of carboxylic acids is 1. The van der Waals surface area contributed by atoms with Crippen molar-refractivity contribution >= 4 is 5.97 Å². The largest absolute Gasteiger partial charge is 0.481 e. The average Bonchev–Trinajstić information content (AvgIpc) is 2.26. The Bertz CT molecular complexity index is 459. The summed E-state index contributed by atoms with van der Waals surface area (Å²) in [7, 11) is 0. The molecule has 0 spiro atoms. The molecule has 98 valence electrons. The number of aliphatic carboxylic acids is 1. The smallest absolute Gasteiger partial charge is 0.310 e. The molecular weight excluding hydrogens is 228 g/mol. The lowest BCUT2D eigenvalue weighted by molar-refractivity contribution is -0.153. The van der Waals surface area contributed by atoms with Crippen LogP contribution in [0.15, 0.2) is 24.3 Å². The summed E-state index contributed by atoms with van der Waals surface area (Å²) in [5.41, 5.74) is 0.567. The first-order chi connectivity index (χ1) is 8.32. The standard InChI is InChI=1S/C15H20O3/c1-14(2,18)10-15(13(16)17)8-7-11-5-3-4-6-12(11)9-15/h3-6,18H,7-10H2,1-2H3,(H,16,17). The van der Waals surface area contributed by atoms with Crippen molar-refractivity contribution in [3.05, 3.63) is 35.4 Å². The third kappa shape index (κ3) is 2.56. The van der Waals surface area contributed by atoms with E-state index < -0.39 is 17.0 Å². The van der Waals surface area contributed by atoms with Crippen molar-refractivity contribution in [2.75, 3.05) is 0 Å². The van der Waals surface area contributed by atoms with Gasteiger partial charge in [-0.3, -0.25) is 4.79 Å². The molecule has 0 amide bonds. The minimum Gasteiger partial charge on any atom is -0.481 e. The number of hydrogen-bond donors (Lipinski definition) is 2. The molecule has 0 aliphatic heterocycles. The zero-order chi connectivity index (χ0) is 13.4. The molecule has 0 saturated carbocycles. The fourth-order valence-corrected chi connectivity index (χ4v) is 3.04. The summed E-state index contributed by atoms with van der Waals surface area (Å²) in [6.07, 6.45) is 2.19. The SMILES string of the molecule is CC(C)(O)CC1(C(=O)O)CCc2ccccc2C1. The second-order valence-electron chi connectivity index (χ2n) is 6.02. The molecule has 0 aromatic heterocycles. The zero-order valence-corrected chi connectivity index (χ0v) is 10.9. The van der Waals surface area contributed by atoms with Crippen molar-refractivity contribution in [1.29, 1.82) is 0 Å². The minimum atomic E-state index is -0.954. The molecule has 2 rings (SSSR count). The number of rotatable bonds is 3. The highest BCUT2D eigenvalue weighted by Gasteiger charge is 2.44. The highest BCUT2D eigenvalue weighted by molar-refractivity contribution is 5.76. The van der Waals surface area contributed by atoms with E-state index >= 15 is 0 Å². The maximum Gasteiger partial charge on any atom is 0.310 e. The predicted octanol–water partition coefficient (Wildman–Crippen LogP) is 2.41. The number of benzene rings is 1. The van der Waals surface area contributed by atoms with Gasteiger partial charge in [-0.2, -0.15) is 0 Å². The molecule has 0 radical (unpaired) electrons. The second-order valence-corrected chi connectivity index (χ2v) is 6.02. The van der Waals surface area contributed by atoms with Crippen molar-refractivity contribution in [3.63, 3.8) is 0 Å². The van der Waals surface area contributed by atoms with E-state index in [1.54, 1.807) is 13.8 Å². The third-order valence-corrected chi connectivity index (χ3v) is 3.74. The van der Waals surface area contributed by atoms with Gasteiger partial charge in [0.05, 0.1) is 11.0 Å². The maximum atomic E-state index is 11.7. The Balaban J connectivity index is 2.33. The lowest BCUT2D eigenvalue weighted by Gasteiger charge is -2.38. The van der Waals surface area contributed by atoms with Crippen LogP contribution >= 0.6 is 0 Å². The Hall–Kier alpha value is -1.35. The van der Waals surface area contributed by atoms with Crippen LogP contribution in [0, 0.1) is 5.41 Å². The Morgan fingerprint density at radius 2 is 1.94 bits per heavy atom. The highest BCUT2D eigenvalue weighted by atomic mass is 16.4. The molecule has 0 fully saturated rings. The van der Waals surface area contributed by atoms with E-state index in [2.05, 4.69) is 6.07 Å². The lowest BCUT2D eigenvalue weighted by Crippen LogP contribution is -2.42. The number of carbonyl (C=O) groups is 1. The van der Waals surface area contributed by atoms with Crippen LogP contribution < -0.4 is 0 Å². The number of fused-ring (bicyclic) bond motifs is 1. The normalized spacial score (nSPS) is 23.5. The van der Waals surface area contributed by atoms with Crippen molar-refractivity contribution < 1.29 is 15.0 Å². The molecule has 18 heavy (non-hydrogen) atoms. The summed E-state index contributed by atoms with van der Waals surface area (Å²) >= 11 is 0. The van der Waals surface area contributed by atoms with Crippen molar-refractivity contribution in [3.8, 4) is 0 Å². The van der Waals surface area contributed by atoms with Crippen molar-refractivity contribution in [2.24, 2.45) is 5.41 Å². The summed E-state index contributed by atoms with van der Waals surface area (Å²) in [4.78, 5) is 11.7. The predicted molar refractivity (Wildman–Crippen MR) is 69.5 cm³/mol. The first kappa shape index (κ1) is 13.1. The van der Waals surface area contributed by atoms with Gasteiger partial charge in [0.2, 0.25) is 0 Å². The van der Waals surface area contributed by atoms with E-state index in [1.165, 1.54) is 5.56 Å². The first-order valence-corrected chi connectivity index (χ1v) is 6.35. The van der Waals surface area contributed by atoms with Gasteiger partial charge in [0.1, 0.15) is 0 Å². The number of aliphatic hydroxyl groups is 1. The van der Waals surface area contributed by atoms with Gasteiger partial charge < -0.3 is 10.2 Å². The molecule has 2 N–H and O–H groups in total. The molecule has 1 aromatic carbocycles. The van der Waals surface area contributed by atoms with Crippen LogP contribution in [-0.4, -0.2) is 21.8 Å². The molecule has 1 aromatic rings. The van der Waals surface area contributed by atoms with Gasteiger partial charge >= 0.3 is 5.97 Å². The van der Waals surface area contributed by atoms with Crippen LogP contribution in [0.3, 0.4) is 0 Å². The maximum absolute atomic E-state index is 11.7. The molecule has 0 bridgehead atoms. The zero-order valence-electron chi connectivity index (χ0n) is 10.9. The van der Waals surface area contributed by atoms with Gasteiger partial charge in [-0.05, 0) is 50.7 Å². The van der Waals surface area contributed by atoms with Gasteiger partial charge in [0.15, 0.2) is 0 Å². The number of hydrogen-bond acceptors (Lipinski definition) is 2. The van der Waals surface area contributed by atoms with Crippen LogP contribution in [0.1, 0.15) is 37.8 Å². The molecule has 1 atom stereocenters. The first-order valence-electron chi connectivity index (χ1n) is 6.35. The Morgan fingerprint density at radius 3 is 2.50 bits per heavy atom. The van der Waals surface area contributed by atoms with Crippen molar-refractivity contribution in [2.45, 2.75) is 45.1 Å².